The molecule has 1 heterocycles. The summed E-state index contributed by atoms with van der Waals surface area (Å²) in [5.74, 6) is -0.129. The lowest BCUT2D eigenvalue weighted by molar-refractivity contribution is -0.384. The first-order valence-electron chi connectivity index (χ1n) is 7.00. The van der Waals surface area contributed by atoms with E-state index in [9.17, 15) is 14.9 Å². The van der Waals surface area contributed by atoms with E-state index in [0.717, 1.165) is 32.5 Å². The molecule has 1 aromatic rings. The lowest BCUT2D eigenvalue weighted by Crippen LogP contribution is -2.39. The first kappa shape index (κ1) is 15.2. The molecule has 114 valence electrons. The highest BCUT2D eigenvalue weighted by Gasteiger charge is 2.26. The van der Waals surface area contributed by atoms with Crippen molar-refractivity contribution in [1.29, 1.82) is 0 Å². The smallest absolute Gasteiger partial charge is 0.292 e. The maximum atomic E-state index is 11.3. The number of carbonyl (C=O) groups excluding carboxylic acids is 1. The second-order valence-electron chi connectivity index (χ2n) is 5.34. The molecule has 3 N–H and O–H groups in total. The minimum Gasteiger partial charge on any atom is -0.366 e. The molecule has 7 heteroatoms. The molecule has 1 saturated heterocycles. The Morgan fingerprint density at radius 1 is 1.57 bits per heavy atom. The van der Waals surface area contributed by atoms with Crippen LogP contribution in [0.2, 0.25) is 0 Å². The van der Waals surface area contributed by atoms with Crippen LogP contribution in [-0.4, -0.2) is 37.5 Å². The maximum Gasteiger partial charge on any atom is 0.292 e. The van der Waals surface area contributed by atoms with Crippen molar-refractivity contribution in [3.63, 3.8) is 0 Å². The molecule has 1 aliphatic rings. The zero-order chi connectivity index (χ0) is 15.4. The van der Waals surface area contributed by atoms with Crippen molar-refractivity contribution < 1.29 is 9.72 Å². The molecule has 1 aliphatic heterocycles. The second kappa shape index (κ2) is 6.53. The van der Waals surface area contributed by atoms with Crippen LogP contribution < -0.4 is 16.0 Å². The molecule has 0 bridgehead atoms. The van der Waals surface area contributed by atoms with Gasteiger partial charge in [0.1, 0.15) is 5.69 Å². The third-order valence-corrected chi connectivity index (χ3v) is 3.81. The van der Waals surface area contributed by atoms with E-state index in [1.807, 2.05) is 11.9 Å². The number of piperidine rings is 1. The summed E-state index contributed by atoms with van der Waals surface area (Å²) in [7, 11) is 1.90. The van der Waals surface area contributed by atoms with Gasteiger partial charge >= 0.3 is 0 Å². The summed E-state index contributed by atoms with van der Waals surface area (Å²) in [6, 6.07) is 4.29. The number of nitrogens with one attached hydrogen (secondary N) is 1. The van der Waals surface area contributed by atoms with E-state index >= 15 is 0 Å². The minimum atomic E-state index is -0.574. The van der Waals surface area contributed by atoms with E-state index in [2.05, 4.69) is 5.32 Å². The lowest BCUT2D eigenvalue weighted by Gasteiger charge is -2.34. The number of benzene rings is 1. The normalized spacial score (nSPS) is 18.5. The van der Waals surface area contributed by atoms with E-state index in [0.29, 0.717) is 17.2 Å². The molecule has 0 radical (unpaired) electrons. The minimum absolute atomic E-state index is 0.0186. The van der Waals surface area contributed by atoms with E-state index in [1.54, 1.807) is 0 Å². The summed E-state index contributed by atoms with van der Waals surface area (Å²) in [6.45, 7) is 2.37. The van der Waals surface area contributed by atoms with Crippen molar-refractivity contribution in [3.8, 4) is 0 Å². The Morgan fingerprint density at radius 2 is 2.33 bits per heavy atom. The third-order valence-electron chi connectivity index (χ3n) is 3.81. The van der Waals surface area contributed by atoms with Crippen LogP contribution in [0.5, 0.6) is 0 Å². The van der Waals surface area contributed by atoms with Gasteiger partial charge in [-0.15, -0.1) is 0 Å². The number of rotatable bonds is 5. The molecule has 1 atom stereocenters. The molecular formula is C14H20N4O3. The van der Waals surface area contributed by atoms with Crippen LogP contribution in [0, 0.1) is 16.0 Å². The van der Waals surface area contributed by atoms with E-state index < -0.39 is 10.8 Å². The Balaban J connectivity index is 2.33. The zero-order valence-corrected chi connectivity index (χ0v) is 12.0. The second-order valence-corrected chi connectivity index (χ2v) is 5.34. The molecule has 0 saturated carbocycles. The fourth-order valence-electron chi connectivity index (χ4n) is 2.82. The number of nitrogens with two attached hydrogens (primary N) is 1. The van der Waals surface area contributed by atoms with Gasteiger partial charge in [0.25, 0.3) is 5.69 Å². The first-order chi connectivity index (χ1) is 10.0. The molecule has 2 rings (SSSR count). The number of anilines is 1. The molecule has 1 aromatic carbocycles. The average Bonchev–Trinajstić information content (AvgIpc) is 2.47. The van der Waals surface area contributed by atoms with Crippen molar-refractivity contribution in [2.75, 3.05) is 31.6 Å². The third kappa shape index (κ3) is 3.49. The van der Waals surface area contributed by atoms with Crippen molar-refractivity contribution in [1.82, 2.24) is 5.32 Å². The molecule has 1 fully saturated rings. The van der Waals surface area contributed by atoms with Crippen LogP contribution in [0.1, 0.15) is 23.2 Å². The SMILES string of the molecule is CNCC1CCCN(c2cc(C(N)=O)ccc2[N+](=O)[O-])C1. The fourth-order valence-corrected chi connectivity index (χ4v) is 2.82. The van der Waals surface area contributed by atoms with Crippen molar-refractivity contribution >= 4 is 17.3 Å². The number of nitrogens with zero attached hydrogens (tertiary/aromatic N) is 2. The largest absolute Gasteiger partial charge is 0.366 e. The van der Waals surface area contributed by atoms with Crippen LogP contribution in [0.3, 0.4) is 0 Å². The summed E-state index contributed by atoms with van der Waals surface area (Å²) < 4.78 is 0. The van der Waals surface area contributed by atoms with Gasteiger partial charge in [0.05, 0.1) is 4.92 Å². The zero-order valence-electron chi connectivity index (χ0n) is 12.0. The van der Waals surface area contributed by atoms with Crippen LogP contribution in [-0.2, 0) is 0 Å². The number of primary amides is 1. The maximum absolute atomic E-state index is 11.3. The number of nitro groups is 1. The van der Waals surface area contributed by atoms with Gasteiger partial charge in [-0.25, -0.2) is 0 Å². The van der Waals surface area contributed by atoms with Gasteiger partial charge in [-0.3, -0.25) is 14.9 Å². The summed E-state index contributed by atoms with van der Waals surface area (Å²) in [5.41, 5.74) is 6.08. The number of hydrogen-bond acceptors (Lipinski definition) is 5. The number of hydrogen-bond donors (Lipinski definition) is 2. The lowest BCUT2D eigenvalue weighted by atomic mass is 9.97. The van der Waals surface area contributed by atoms with Gasteiger partial charge in [0, 0.05) is 24.7 Å². The van der Waals surface area contributed by atoms with E-state index in [4.69, 9.17) is 5.73 Å². The summed E-state index contributed by atoms with van der Waals surface area (Å²) in [6.07, 6.45) is 2.07. The van der Waals surface area contributed by atoms with Crippen molar-refractivity contribution in [2.45, 2.75) is 12.8 Å². The Labute approximate surface area is 123 Å². The highest BCUT2D eigenvalue weighted by atomic mass is 16.6. The van der Waals surface area contributed by atoms with Gasteiger partial charge < -0.3 is 16.0 Å². The predicted octanol–water partition coefficient (Wildman–Crippen LogP) is 1.13. The van der Waals surface area contributed by atoms with Crippen molar-refractivity contribution in [3.05, 3.63) is 33.9 Å². The van der Waals surface area contributed by atoms with Crippen LogP contribution in [0.15, 0.2) is 18.2 Å². The van der Waals surface area contributed by atoms with Crippen LogP contribution in [0.25, 0.3) is 0 Å². The quantitative estimate of drug-likeness (QED) is 0.625. The molecule has 21 heavy (non-hydrogen) atoms. The average molecular weight is 292 g/mol. The van der Waals surface area contributed by atoms with E-state index in [-0.39, 0.29) is 5.69 Å². The predicted molar refractivity (Wildman–Crippen MR) is 80.5 cm³/mol. The molecular weight excluding hydrogens is 272 g/mol. The Hall–Kier alpha value is -2.15. The van der Waals surface area contributed by atoms with E-state index in [1.165, 1.54) is 18.2 Å². The summed E-state index contributed by atoms with van der Waals surface area (Å²) in [5, 5.41) is 14.3. The van der Waals surface area contributed by atoms with Gasteiger partial charge in [-0.2, -0.15) is 0 Å². The van der Waals surface area contributed by atoms with Crippen LogP contribution in [0.4, 0.5) is 11.4 Å². The van der Waals surface area contributed by atoms with Crippen LogP contribution >= 0.6 is 0 Å². The molecule has 1 unspecified atom stereocenters. The molecule has 0 aliphatic carbocycles. The Morgan fingerprint density at radius 3 is 2.95 bits per heavy atom. The van der Waals surface area contributed by atoms with Gasteiger partial charge in [0.15, 0.2) is 0 Å². The monoisotopic (exact) mass is 292 g/mol. The number of carbonyl (C=O) groups is 1. The highest BCUT2D eigenvalue weighted by molar-refractivity contribution is 5.94. The van der Waals surface area contributed by atoms with Crippen molar-refractivity contribution in [2.24, 2.45) is 11.7 Å². The Kier molecular flexibility index (Phi) is 4.74. The topological polar surface area (TPSA) is 102 Å². The molecule has 0 spiro atoms. The van der Waals surface area contributed by atoms with Gasteiger partial charge in [0.2, 0.25) is 5.91 Å². The molecule has 1 amide bonds. The van der Waals surface area contributed by atoms with Gasteiger partial charge in [-0.1, -0.05) is 0 Å². The Bertz CT molecular complexity index is 545. The summed E-state index contributed by atoms with van der Waals surface area (Å²) >= 11 is 0. The first-order valence-corrected chi connectivity index (χ1v) is 7.00. The fraction of sp³-hybridized carbons (Fsp3) is 0.500. The highest BCUT2D eigenvalue weighted by Crippen LogP contribution is 2.32. The molecule has 7 nitrogen and oxygen atoms in total. The van der Waals surface area contributed by atoms with Gasteiger partial charge in [-0.05, 0) is 44.5 Å². The standard InChI is InChI=1S/C14H20N4O3/c1-16-8-10-3-2-6-17(9-10)13-7-11(14(15)19)4-5-12(13)18(20)21/h4-5,7,10,16H,2-3,6,8-9H2,1H3,(H2,15,19). The summed E-state index contributed by atoms with van der Waals surface area (Å²) in [4.78, 5) is 24.1. The number of nitro benzene ring substituents is 1. The number of amides is 1. The molecule has 0 aromatic heterocycles.